The first kappa shape index (κ1) is 38.3. The van der Waals surface area contributed by atoms with E-state index in [9.17, 15) is 9.59 Å². The first-order valence-corrected chi connectivity index (χ1v) is 17.7. The number of halogens is 1. The van der Waals surface area contributed by atoms with Gasteiger partial charge in [0.15, 0.2) is 23.0 Å². The lowest BCUT2D eigenvalue weighted by molar-refractivity contribution is -0.941. The molecule has 3 rings (SSSR count). The molecule has 2 aromatic carbocycles. The van der Waals surface area contributed by atoms with E-state index in [1.54, 1.807) is 35.5 Å². The van der Waals surface area contributed by atoms with Crippen LogP contribution in [0.3, 0.4) is 0 Å². The van der Waals surface area contributed by atoms with Gasteiger partial charge in [0.25, 0.3) is 0 Å². The third-order valence-electron chi connectivity index (χ3n) is 8.62. The van der Waals surface area contributed by atoms with Crippen molar-refractivity contribution in [3.05, 3.63) is 53.1 Å². The summed E-state index contributed by atoms with van der Waals surface area (Å²) in [5.74, 6) is 2.81. The van der Waals surface area contributed by atoms with Crippen LogP contribution in [0.2, 0.25) is 0 Å². The van der Waals surface area contributed by atoms with E-state index in [-0.39, 0.29) is 18.0 Å². The summed E-state index contributed by atoms with van der Waals surface area (Å²) in [4.78, 5) is 24.1. The average Bonchev–Trinajstić information content (AvgIpc) is 3.08. The van der Waals surface area contributed by atoms with Crippen molar-refractivity contribution < 1.29 is 47.2 Å². The molecular formula is C36H51INO9+. The molecule has 0 fully saturated rings. The molecule has 0 saturated carbocycles. The minimum absolute atomic E-state index is 0.0887. The SMILES string of the molecule is COc1cc2c(cc1OC)[C@@H](Cc1cc(OC)c(OC)c(OC)c1)[N@+](C)(CCCOC(=O)CC/C=C/CCC(=O)OCCCI)CC2. The molecule has 0 aliphatic carbocycles. The standard InChI is InChI=1S/C36H51INO9/c1-38(17-12-20-47-35(40)14-10-8-7-9-13-34(39)46-19-11-16-37)18-15-27-24-30(41-2)31(42-3)25-28(27)29(38)21-26-22-32(43-4)36(45-6)33(23-26)44-5/h7-8,22-25,29H,9-21H2,1-6H3/q+1/b8-7+/t29-,38-/m1/s1. The van der Waals surface area contributed by atoms with Crippen LogP contribution >= 0.6 is 22.6 Å². The van der Waals surface area contributed by atoms with Crippen LogP contribution < -0.4 is 23.7 Å². The number of methoxy groups -OCH3 is 5. The number of fused-ring (bicyclic) bond motifs is 1. The molecule has 0 amide bonds. The molecule has 10 nitrogen and oxygen atoms in total. The summed E-state index contributed by atoms with van der Waals surface area (Å²) in [6, 6.07) is 8.31. The Labute approximate surface area is 293 Å². The highest BCUT2D eigenvalue weighted by Crippen LogP contribution is 2.44. The van der Waals surface area contributed by atoms with Gasteiger partial charge in [0.05, 0.1) is 68.9 Å². The van der Waals surface area contributed by atoms with E-state index in [0.29, 0.717) is 61.9 Å². The summed E-state index contributed by atoms with van der Waals surface area (Å²) in [7, 11) is 10.4. The van der Waals surface area contributed by atoms with Crippen molar-refractivity contribution in [3.63, 3.8) is 0 Å². The fourth-order valence-corrected chi connectivity index (χ4v) is 6.35. The monoisotopic (exact) mass is 768 g/mol. The average molecular weight is 769 g/mol. The van der Waals surface area contributed by atoms with E-state index in [1.807, 2.05) is 24.3 Å². The van der Waals surface area contributed by atoms with Crippen molar-refractivity contribution in [1.29, 1.82) is 0 Å². The molecule has 2 aromatic rings. The second-order valence-electron chi connectivity index (χ2n) is 11.7. The summed E-state index contributed by atoms with van der Waals surface area (Å²) in [6.07, 6.45) is 8.90. The Kier molecular flexibility index (Phi) is 15.9. The molecule has 0 aromatic heterocycles. The molecule has 0 radical (unpaired) electrons. The zero-order valence-corrected chi connectivity index (χ0v) is 30.9. The van der Waals surface area contributed by atoms with Crippen LogP contribution in [0.5, 0.6) is 28.7 Å². The third kappa shape index (κ3) is 10.9. The van der Waals surface area contributed by atoms with Crippen LogP contribution in [0.4, 0.5) is 0 Å². The zero-order chi connectivity index (χ0) is 34.2. The molecule has 0 spiro atoms. The Morgan fingerprint density at radius 3 is 1.87 bits per heavy atom. The Bertz CT molecular complexity index is 1320. The molecule has 0 N–H and O–H groups in total. The van der Waals surface area contributed by atoms with Gasteiger partial charge >= 0.3 is 11.9 Å². The summed E-state index contributed by atoms with van der Waals surface area (Å²) in [6.45, 7) is 2.57. The van der Waals surface area contributed by atoms with Crippen LogP contribution in [-0.2, 0) is 31.9 Å². The van der Waals surface area contributed by atoms with Crippen molar-refractivity contribution in [2.75, 3.05) is 73.3 Å². The fraction of sp³-hybridized carbons (Fsp3) is 0.556. The van der Waals surface area contributed by atoms with E-state index in [2.05, 4.69) is 41.8 Å². The lowest BCUT2D eigenvalue weighted by Gasteiger charge is -2.46. The molecule has 1 aliphatic rings. The number of hydrogen-bond donors (Lipinski definition) is 0. The van der Waals surface area contributed by atoms with Gasteiger partial charge in [0, 0.05) is 42.1 Å². The largest absolute Gasteiger partial charge is 0.493 e. The maximum absolute atomic E-state index is 12.4. The highest BCUT2D eigenvalue weighted by molar-refractivity contribution is 14.1. The summed E-state index contributed by atoms with van der Waals surface area (Å²) < 4.78 is 40.7. The fourth-order valence-electron chi connectivity index (χ4n) is 6.04. The maximum atomic E-state index is 12.4. The van der Waals surface area contributed by atoms with E-state index >= 15 is 0 Å². The predicted octanol–water partition coefficient (Wildman–Crippen LogP) is 6.43. The minimum Gasteiger partial charge on any atom is -0.493 e. The van der Waals surface area contributed by atoms with Gasteiger partial charge in [-0.15, -0.1) is 0 Å². The third-order valence-corrected chi connectivity index (χ3v) is 9.38. The van der Waals surface area contributed by atoms with Gasteiger partial charge < -0.3 is 37.6 Å². The second-order valence-corrected chi connectivity index (χ2v) is 12.8. The van der Waals surface area contributed by atoms with Crippen LogP contribution in [0, 0.1) is 0 Å². The second kappa shape index (κ2) is 19.6. The highest BCUT2D eigenvalue weighted by atomic mass is 127. The van der Waals surface area contributed by atoms with Gasteiger partial charge in [-0.1, -0.05) is 34.7 Å². The smallest absolute Gasteiger partial charge is 0.306 e. The normalized spacial score (nSPS) is 17.1. The Hall–Kier alpha value is -3.19. The Balaban J connectivity index is 1.65. The summed E-state index contributed by atoms with van der Waals surface area (Å²) >= 11 is 2.26. The molecule has 0 bridgehead atoms. The number of hydrogen-bond acceptors (Lipinski definition) is 9. The molecule has 0 unspecified atom stereocenters. The maximum Gasteiger partial charge on any atom is 0.306 e. The lowest BCUT2D eigenvalue weighted by Crippen LogP contribution is -2.52. The number of rotatable bonds is 20. The number of esters is 2. The molecule has 11 heteroatoms. The van der Waals surface area contributed by atoms with Crippen molar-refractivity contribution in [2.45, 2.75) is 57.4 Å². The Morgan fingerprint density at radius 2 is 1.34 bits per heavy atom. The number of carbonyl (C=O) groups is 2. The Morgan fingerprint density at radius 1 is 0.787 bits per heavy atom. The van der Waals surface area contributed by atoms with Crippen LogP contribution in [0.25, 0.3) is 0 Å². The van der Waals surface area contributed by atoms with Crippen LogP contribution in [-0.4, -0.2) is 89.7 Å². The number of benzene rings is 2. The molecule has 260 valence electrons. The van der Waals surface area contributed by atoms with Crippen molar-refractivity contribution in [1.82, 2.24) is 0 Å². The van der Waals surface area contributed by atoms with Crippen LogP contribution in [0.15, 0.2) is 36.4 Å². The number of nitrogens with zero attached hydrogens (tertiary/aromatic N) is 1. The van der Waals surface area contributed by atoms with Gasteiger partial charge in [-0.3, -0.25) is 9.59 Å². The number of allylic oxidation sites excluding steroid dienone is 2. The lowest BCUT2D eigenvalue weighted by atomic mass is 9.86. The molecule has 2 atom stereocenters. The van der Waals surface area contributed by atoms with Crippen molar-refractivity contribution >= 4 is 34.5 Å². The summed E-state index contributed by atoms with van der Waals surface area (Å²) in [5.41, 5.74) is 3.51. The van der Waals surface area contributed by atoms with E-state index < -0.39 is 0 Å². The first-order chi connectivity index (χ1) is 22.7. The number of quaternary nitrogens is 1. The highest BCUT2D eigenvalue weighted by Gasteiger charge is 2.40. The molecule has 0 saturated heterocycles. The van der Waals surface area contributed by atoms with E-state index in [0.717, 1.165) is 59.0 Å². The minimum atomic E-state index is -0.217. The van der Waals surface area contributed by atoms with Gasteiger partial charge in [0.2, 0.25) is 5.75 Å². The number of likely N-dealkylation sites (N-methyl/N-ethyl adjacent to an activating group) is 1. The topological polar surface area (TPSA) is 98.8 Å². The molecule has 1 aliphatic heterocycles. The number of carbonyl (C=O) groups excluding carboxylic acids is 2. The quantitative estimate of drug-likeness (QED) is 0.0377. The zero-order valence-electron chi connectivity index (χ0n) is 28.7. The molecule has 47 heavy (non-hydrogen) atoms. The van der Waals surface area contributed by atoms with Gasteiger partial charge in [0.1, 0.15) is 6.04 Å². The molecular weight excluding hydrogens is 717 g/mol. The number of alkyl halides is 1. The van der Waals surface area contributed by atoms with Crippen molar-refractivity contribution in [3.8, 4) is 28.7 Å². The predicted molar refractivity (Wildman–Crippen MR) is 189 cm³/mol. The van der Waals surface area contributed by atoms with Gasteiger partial charge in [-0.05, 0) is 54.7 Å². The van der Waals surface area contributed by atoms with E-state index in [4.69, 9.17) is 33.2 Å². The van der Waals surface area contributed by atoms with E-state index in [1.165, 1.54) is 11.1 Å². The first-order valence-electron chi connectivity index (χ1n) is 16.1. The molecule has 1 heterocycles. The summed E-state index contributed by atoms with van der Waals surface area (Å²) in [5, 5.41) is 0. The van der Waals surface area contributed by atoms with Gasteiger partial charge in [-0.2, -0.15) is 0 Å². The van der Waals surface area contributed by atoms with Gasteiger partial charge in [-0.25, -0.2) is 0 Å². The van der Waals surface area contributed by atoms with Crippen molar-refractivity contribution in [2.24, 2.45) is 0 Å². The van der Waals surface area contributed by atoms with Crippen LogP contribution in [0.1, 0.15) is 61.3 Å². The number of ether oxygens (including phenoxy) is 7.